The summed E-state index contributed by atoms with van der Waals surface area (Å²) >= 11 is 3.24. The van der Waals surface area contributed by atoms with Gasteiger partial charge in [0.1, 0.15) is 0 Å². The molecule has 0 spiro atoms. The summed E-state index contributed by atoms with van der Waals surface area (Å²) in [7, 11) is 0. The molecule has 7 heteroatoms. The summed E-state index contributed by atoms with van der Waals surface area (Å²) in [6.45, 7) is 4.83. The zero-order valence-electron chi connectivity index (χ0n) is 13.0. The largest absolute Gasteiger partial charge is 0.337 e. The van der Waals surface area contributed by atoms with E-state index in [1.54, 1.807) is 28.2 Å². The second-order valence-electron chi connectivity index (χ2n) is 5.50. The number of anilines is 1. The molecule has 1 aromatic carbocycles. The number of nitrogens with zero attached hydrogens (tertiary/aromatic N) is 2. The van der Waals surface area contributed by atoms with Crippen LogP contribution in [0.15, 0.2) is 29.1 Å². The number of hydrogen-bond donors (Lipinski definition) is 2. The molecule has 0 unspecified atom stereocenters. The quantitative estimate of drug-likeness (QED) is 0.726. The first kappa shape index (κ1) is 15.9. The van der Waals surface area contributed by atoms with Crippen molar-refractivity contribution in [2.45, 2.75) is 26.2 Å². The van der Waals surface area contributed by atoms with E-state index in [2.05, 4.69) is 39.8 Å². The van der Waals surface area contributed by atoms with Crippen LogP contribution >= 0.6 is 22.7 Å². The number of hydrogen-bond acceptors (Lipinski definition) is 5. The lowest BCUT2D eigenvalue weighted by Crippen LogP contribution is -2.30. The minimum atomic E-state index is -0.201. The van der Waals surface area contributed by atoms with Crippen molar-refractivity contribution < 1.29 is 4.79 Å². The summed E-state index contributed by atoms with van der Waals surface area (Å²) in [6.07, 6.45) is 0.741. The Balaban J connectivity index is 1.49. The minimum Gasteiger partial charge on any atom is -0.337 e. The molecule has 2 N–H and O–H groups in total. The van der Waals surface area contributed by atoms with E-state index in [9.17, 15) is 4.79 Å². The number of rotatable bonds is 5. The monoisotopic (exact) mass is 346 g/mol. The van der Waals surface area contributed by atoms with Crippen LogP contribution in [0.5, 0.6) is 0 Å². The maximum atomic E-state index is 11.9. The summed E-state index contributed by atoms with van der Waals surface area (Å²) in [6, 6.07) is 5.50. The first-order valence-electron chi connectivity index (χ1n) is 7.44. The van der Waals surface area contributed by atoms with Gasteiger partial charge in [-0.05, 0) is 18.2 Å². The van der Waals surface area contributed by atoms with Gasteiger partial charge in [0.25, 0.3) is 0 Å². The molecule has 2 amide bonds. The number of thiazole rings is 2. The number of benzene rings is 1. The fraction of sp³-hybridized carbons (Fsp3) is 0.312. The van der Waals surface area contributed by atoms with Crippen LogP contribution in [0.1, 0.15) is 30.5 Å². The molecule has 0 fully saturated rings. The number of nitrogens with one attached hydrogen (secondary N) is 2. The average Bonchev–Trinajstić information content (AvgIpc) is 3.15. The minimum absolute atomic E-state index is 0.201. The summed E-state index contributed by atoms with van der Waals surface area (Å²) in [5, 5.41) is 8.91. The highest BCUT2D eigenvalue weighted by Crippen LogP contribution is 2.22. The van der Waals surface area contributed by atoms with Crippen molar-refractivity contribution >= 4 is 44.6 Å². The zero-order chi connectivity index (χ0) is 16.2. The molecule has 0 saturated carbocycles. The third kappa shape index (κ3) is 4.05. The van der Waals surface area contributed by atoms with E-state index >= 15 is 0 Å². The fourth-order valence-corrected chi connectivity index (χ4v) is 3.70. The molecule has 5 nitrogen and oxygen atoms in total. The van der Waals surface area contributed by atoms with Gasteiger partial charge in [-0.1, -0.05) is 13.8 Å². The molecule has 0 saturated heterocycles. The number of urea groups is 1. The van der Waals surface area contributed by atoms with E-state index in [1.807, 2.05) is 18.2 Å². The number of fused-ring (bicyclic) bond motifs is 1. The molecule has 3 aromatic rings. The van der Waals surface area contributed by atoms with E-state index in [0.717, 1.165) is 33.0 Å². The van der Waals surface area contributed by atoms with Gasteiger partial charge in [-0.2, -0.15) is 0 Å². The van der Waals surface area contributed by atoms with Crippen LogP contribution < -0.4 is 10.6 Å². The van der Waals surface area contributed by atoms with Crippen molar-refractivity contribution in [1.82, 2.24) is 15.3 Å². The zero-order valence-corrected chi connectivity index (χ0v) is 14.6. The summed E-state index contributed by atoms with van der Waals surface area (Å²) in [5.74, 6) is 0.451. The highest BCUT2D eigenvalue weighted by Gasteiger charge is 2.07. The van der Waals surface area contributed by atoms with Gasteiger partial charge in [-0.3, -0.25) is 0 Å². The van der Waals surface area contributed by atoms with Crippen molar-refractivity contribution in [3.63, 3.8) is 0 Å². The molecule has 2 aromatic heterocycles. The lowest BCUT2D eigenvalue weighted by molar-refractivity contribution is 0.252. The maximum Gasteiger partial charge on any atom is 0.319 e. The van der Waals surface area contributed by atoms with Crippen molar-refractivity contribution in [3.05, 3.63) is 39.8 Å². The third-order valence-electron chi connectivity index (χ3n) is 3.32. The van der Waals surface area contributed by atoms with Crippen LogP contribution in [0.3, 0.4) is 0 Å². The summed E-state index contributed by atoms with van der Waals surface area (Å²) in [4.78, 5) is 20.7. The topological polar surface area (TPSA) is 66.9 Å². The highest BCUT2D eigenvalue weighted by molar-refractivity contribution is 7.16. The summed E-state index contributed by atoms with van der Waals surface area (Å²) in [5.41, 5.74) is 4.55. The molecule has 0 atom stereocenters. The van der Waals surface area contributed by atoms with Crippen LogP contribution in [0.2, 0.25) is 0 Å². The number of amides is 2. The normalized spacial score (nSPS) is 11.1. The highest BCUT2D eigenvalue weighted by atomic mass is 32.1. The second kappa shape index (κ2) is 7.06. The second-order valence-corrected chi connectivity index (χ2v) is 7.27. The van der Waals surface area contributed by atoms with Crippen LogP contribution in [-0.4, -0.2) is 22.5 Å². The fourth-order valence-electron chi connectivity index (χ4n) is 2.11. The number of carbonyl (C=O) groups is 1. The Morgan fingerprint density at radius 3 is 2.96 bits per heavy atom. The lowest BCUT2D eigenvalue weighted by atomic mass is 10.2. The lowest BCUT2D eigenvalue weighted by Gasteiger charge is -2.07. The molecule has 0 radical (unpaired) electrons. The Morgan fingerprint density at radius 2 is 2.17 bits per heavy atom. The van der Waals surface area contributed by atoms with Gasteiger partial charge >= 0.3 is 6.03 Å². The molecular formula is C16H18N4OS2. The maximum absolute atomic E-state index is 11.9. The van der Waals surface area contributed by atoms with Crippen molar-refractivity contribution in [2.24, 2.45) is 0 Å². The standard InChI is InChI=1S/C16H18N4OS2/c1-10(2)15-19-12(8-22-15)5-6-17-16(21)20-11-3-4-13-14(7-11)23-9-18-13/h3-4,7-10H,5-6H2,1-2H3,(H2,17,20,21). The molecule has 0 aliphatic heterocycles. The Kier molecular flexibility index (Phi) is 4.88. The van der Waals surface area contributed by atoms with Gasteiger partial charge < -0.3 is 10.6 Å². The third-order valence-corrected chi connectivity index (χ3v) is 5.31. The first-order chi connectivity index (χ1) is 11.1. The molecule has 2 heterocycles. The Bertz CT molecular complexity index is 809. The molecule has 3 rings (SSSR count). The Morgan fingerprint density at radius 1 is 1.30 bits per heavy atom. The van der Waals surface area contributed by atoms with Crippen molar-refractivity contribution in [3.8, 4) is 0 Å². The molecule has 0 aliphatic rings. The van der Waals surface area contributed by atoms with E-state index in [-0.39, 0.29) is 6.03 Å². The smallest absolute Gasteiger partial charge is 0.319 e. The van der Waals surface area contributed by atoms with Gasteiger partial charge in [0.15, 0.2) is 0 Å². The first-order valence-corrected chi connectivity index (χ1v) is 9.20. The van der Waals surface area contributed by atoms with E-state index in [1.165, 1.54) is 0 Å². The van der Waals surface area contributed by atoms with Gasteiger partial charge in [0.2, 0.25) is 0 Å². The average molecular weight is 346 g/mol. The van der Waals surface area contributed by atoms with E-state index in [4.69, 9.17) is 0 Å². The van der Waals surface area contributed by atoms with Crippen LogP contribution in [0, 0.1) is 0 Å². The predicted molar refractivity (Wildman–Crippen MR) is 96.5 cm³/mol. The molecule has 0 aliphatic carbocycles. The molecular weight excluding hydrogens is 328 g/mol. The van der Waals surface area contributed by atoms with Crippen molar-refractivity contribution in [1.29, 1.82) is 0 Å². The molecule has 120 valence electrons. The van der Waals surface area contributed by atoms with Crippen LogP contribution in [0.4, 0.5) is 10.5 Å². The van der Waals surface area contributed by atoms with Gasteiger partial charge in [-0.25, -0.2) is 14.8 Å². The predicted octanol–water partition coefficient (Wildman–Crippen LogP) is 4.24. The number of carbonyl (C=O) groups excluding carboxylic acids is 1. The Labute approximate surface area is 142 Å². The van der Waals surface area contributed by atoms with Gasteiger partial charge in [0.05, 0.1) is 26.4 Å². The van der Waals surface area contributed by atoms with E-state index < -0.39 is 0 Å². The van der Waals surface area contributed by atoms with Gasteiger partial charge in [-0.15, -0.1) is 22.7 Å². The SMILES string of the molecule is CC(C)c1nc(CCNC(=O)Nc2ccc3ncsc3c2)cs1. The van der Waals surface area contributed by atoms with Crippen LogP contribution in [-0.2, 0) is 6.42 Å². The molecule has 23 heavy (non-hydrogen) atoms. The Hall–Kier alpha value is -1.99. The number of aromatic nitrogens is 2. The van der Waals surface area contributed by atoms with Crippen LogP contribution in [0.25, 0.3) is 10.2 Å². The van der Waals surface area contributed by atoms with Crippen molar-refractivity contribution in [2.75, 3.05) is 11.9 Å². The summed E-state index contributed by atoms with van der Waals surface area (Å²) < 4.78 is 1.06. The van der Waals surface area contributed by atoms with Gasteiger partial charge in [0, 0.05) is 30.0 Å². The molecule has 0 bridgehead atoms. The van der Waals surface area contributed by atoms with E-state index in [0.29, 0.717) is 12.5 Å².